The number of benzene rings is 8. The molecule has 3 aliphatic rings. The molecular weight excluding hydrogens is 851 g/mol. The van der Waals surface area contributed by atoms with Crippen LogP contribution in [0.3, 0.4) is 0 Å². The van der Waals surface area contributed by atoms with E-state index in [-0.39, 0.29) is 6.04 Å². The molecule has 1 atom stereocenters. The van der Waals surface area contributed by atoms with Gasteiger partial charge in [0.25, 0.3) is 0 Å². The summed E-state index contributed by atoms with van der Waals surface area (Å²) in [5, 5.41) is 6.35. The highest BCUT2D eigenvalue weighted by Gasteiger charge is 2.38. The van der Waals surface area contributed by atoms with Crippen LogP contribution in [0.2, 0.25) is 0 Å². The van der Waals surface area contributed by atoms with Crippen molar-refractivity contribution < 1.29 is 0 Å². The normalized spacial score (nSPS) is 15.1. The molecule has 15 rings (SSSR count). The second-order valence-corrected chi connectivity index (χ2v) is 18.9. The van der Waals surface area contributed by atoms with Crippen LogP contribution in [0.1, 0.15) is 29.7 Å². The SMILES string of the molecule is C1=CCC2C(=C1)c1c(ccc3c4ccccc4n(-c4cccc(-n5c6ccccc6c6c7c(ccc65)c5c(n7-c6ccccc6)CCC=C5)c4)c13)N2c1cccc(-c2cccc(-c3ccccc3)n2)c1. The van der Waals surface area contributed by atoms with Crippen molar-refractivity contribution in [3.63, 3.8) is 0 Å². The zero-order chi connectivity index (χ0) is 45.9. The summed E-state index contributed by atoms with van der Waals surface area (Å²) in [5.41, 5.74) is 21.5. The predicted octanol–water partition coefficient (Wildman–Crippen LogP) is 16.4. The molecule has 330 valence electrons. The number of para-hydroxylation sites is 3. The van der Waals surface area contributed by atoms with E-state index in [2.05, 4.69) is 249 Å². The summed E-state index contributed by atoms with van der Waals surface area (Å²) in [6.07, 6.45) is 14.6. The number of nitrogens with zero attached hydrogens (tertiary/aromatic N) is 5. The monoisotopic (exact) mass is 895 g/mol. The molecule has 0 N–H and O–H groups in total. The van der Waals surface area contributed by atoms with Crippen molar-refractivity contribution in [1.29, 1.82) is 0 Å². The summed E-state index contributed by atoms with van der Waals surface area (Å²) in [7, 11) is 0. The Morgan fingerprint density at radius 2 is 1.13 bits per heavy atom. The Hall–Kier alpha value is -8.93. The van der Waals surface area contributed by atoms with Gasteiger partial charge in [0.15, 0.2) is 0 Å². The van der Waals surface area contributed by atoms with Crippen molar-refractivity contribution in [2.24, 2.45) is 0 Å². The molecular formula is C65H45N5. The van der Waals surface area contributed by atoms with E-state index >= 15 is 0 Å². The molecule has 0 fully saturated rings. The third-order valence-electron chi connectivity index (χ3n) is 15.1. The van der Waals surface area contributed by atoms with E-state index in [1.165, 1.54) is 88.3 Å². The third-order valence-corrected chi connectivity index (χ3v) is 15.1. The molecule has 70 heavy (non-hydrogen) atoms. The standard InChI is InChI=1S/C65H45N5/c1-3-18-42(19-4-1)54-30-17-31-55(66-54)43-20-15-23-45(40-43)67-58-34-13-9-28-52(58)63-60(67)38-37-51-49-27-8-12-33-57(49)70(65(51)63)47-25-16-24-46(41-47)68-59-35-14-10-29-53(59)62-61(68)39-36-50-48-26-7-11-32-56(48)69(64(50)62)44-21-5-2-6-22-44/h1-10,12-31,33,35-41,58H,11,32,34H2. The molecule has 0 bridgehead atoms. The molecule has 12 aromatic rings. The second kappa shape index (κ2) is 15.3. The Labute approximate surface area is 405 Å². The molecule has 1 unspecified atom stereocenters. The summed E-state index contributed by atoms with van der Waals surface area (Å²) in [5.74, 6) is 0. The number of allylic oxidation sites excluding steroid dienone is 3. The Morgan fingerprint density at radius 1 is 0.457 bits per heavy atom. The van der Waals surface area contributed by atoms with Gasteiger partial charge in [-0.2, -0.15) is 0 Å². The van der Waals surface area contributed by atoms with Crippen LogP contribution in [0.5, 0.6) is 0 Å². The van der Waals surface area contributed by atoms with E-state index in [1.807, 2.05) is 0 Å². The minimum Gasteiger partial charge on any atom is -0.333 e. The lowest BCUT2D eigenvalue weighted by Gasteiger charge is -2.29. The van der Waals surface area contributed by atoms with Crippen molar-refractivity contribution in [3.8, 4) is 39.6 Å². The van der Waals surface area contributed by atoms with Gasteiger partial charge in [0, 0.05) is 77.6 Å². The minimum absolute atomic E-state index is 0.146. The highest BCUT2D eigenvalue weighted by molar-refractivity contribution is 6.22. The summed E-state index contributed by atoms with van der Waals surface area (Å²) < 4.78 is 7.58. The van der Waals surface area contributed by atoms with Gasteiger partial charge >= 0.3 is 0 Å². The fourth-order valence-electron chi connectivity index (χ4n) is 12.2. The van der Waals surface area contributed by atoms with E-state index in [4.69, 9.17) is 4.98 Å². The average Bonchev–Trinajstić information content (AvgIpc) is 4.17. The summed E-state index contributed by atoms with van der Waals surface area (Å²) >= 11 is 0. The van der Waals surface area contributed by atoms with Gasteiger partial charge in [-0.15, -0.1) is 0 Å². The number of hydrogen-bond donors (Lipinski definition) is 0. The maximum Gasteiger partial charge on any atom is 0.0710 e. The van der Waals surface area contributed by atoms with Gasteiger partial charge in [0.05, 0.1) is 50.7 Å². The van der Waals surface area contributed by atoms with E-state index in [0.717, 1.165) is 58.8 Å². The van der Waals surface area contributed by atoms with Crippen LogP contribution in [-0.2, 0) is 6.42 Å². The van der Waals surface area contributed by atoms with Crippen molar-refractivity contribution in [2.75, 3.05) is 4.90 Å². The quantitative estimate of drug-likeness (QED) is 0.166. The van der Waals surface area contributed by atoms with Gasteiger partial charge in [-0.1, -0.05) is 152 Å². The Bertz CT molecular complexity index is 4220. The van der Waals surface area contributed by atoms with Crippen molar-refractivity contribution in [1.82, 2.24) is 18.7 Å². The van der Waals surface area contributed by atoms with Crippen LogP contribution < -0.4 is 4.90 Å². The lowest BCUT2D eigenvalue weighted by atomic mass is 9.94. The molecule has 5 heterocycles. The molecule has 0 radical (unpaired) electrons. The molecule has 5 nitrogen and oxygen atoms in total. The van der Waals surface area contributed by atoms with Gasteiger partial charge < -0.3 is 18.6 Å². The summed E-state index contributed by atoms with van der Waals surface area (Å²) in [6.45, 7) is 0. The maximum atomic E-state index is 5.17. The molecule has 0 spiro atoms. The number of rotatable bonds is 6. The lowest BCUT2D eigenvalue weighted by molar-refractivity contribution is 0.829. The van der Waals surface area contributed by atoms with E-state index in [1.54, 1.807) is 0 Å². The zero-order valence-corrected chi connectivity index (χ0v) is 38.4. The predicted molar refractivity (Wildman–Crippen MR) is 292 cm³/mol. The molecule has 8 aromatic carbocycles. The van der Waals surface area contributed by atoms with Crippen molar-refractivity contribution >= 4 is 77.5 Å². The number of pyridine rings is 1. The number of aromatic nitrogens is 4. The summed E-state index contributed by atoms with van der Waals surface area (Å²) in [4.78, 5) is 7.74. The Morgan fingerprint density at radius 3 is 1.99 bits per heavy atom. The molecule has 0 amide bonds. The fraction of sp³-hybridized carbons (Fsp3) is 0.0615. The van der Waals surface area contributed by atoms with Gasteiger partial charge in [0.2, 0.25) is 0 Å². The van der Waals surface area contributed by atoms with Crippen LogP contribution in [-0.4, -0.2) is 24.7 Å². The molecule has 4 aromatic heterocycles. The first kappa shape index (κ1) is 39.1. The highest BCUT2D eigenvalue weighted by Crippen LogP contribution is 2.52. The highest BCUT2D eigenvalue weighted by atomic mass is 15.2. The first-order valence-electron chi connectivity index (χ1n) is 24.5. The number of hydrogen-bond acceptors (Lipinski definition) is 2. The van der Waals surface area contributed by atoms with Gasteiger partial charge in [-0.05, 0) is 104 Å². The van der Waals surface area contributed by atoms with Crippen molar-refractivity contribution in [2.45, 2.75) is 25.3 Å². The van der Waals surface area contributed by atoms with E-state index < -0.39 is 0 Å². The molecule has 0 saturated carbocycles. The molecule has 5 heteroatoms. The molecule has 1 aliphatic heterocycles. The smallest absolute Gasteiger partial charge is 0.0710 e. The first-order valence-corrected chi connectivity index (χ1v) is 24.5. The molecule has 0 saturated heterocycles. The topological polar surface area (TPSA) is 30.9 Å². The van der Waals surface area contributed by atoms with Crippen molar-refractivity contribution in [3.05, 3.63) is 241 Å². The summed E-state index contributed by atoms with van der Waals surface area (Å²) in [6, 6.07) is 73.4. The lowest BCUT2D eigenvalue weighted by Crippen LogP contribution is -2.27. The maximum absolute atomic E-state index is 5.17. The van der Waals surface area contributed by atoms with Crippen LogP contribution in [0.25, 0.3) is 106 Å². The minimum atomic E-state index is 0.146. The van der Waals surface area contributed by atoms with Gasteiger partial charge in [-0.3, -0.25) is 0 Å². The van der Waals surface area contributed by atoms with Crippen LogP contribution >= 0.6 is 0 Å². The molecule has 2 aliphatic carbocycles. The van der Waals surface area contributed by atoms with Crippen LogP contribution in [0, 0.1) is 0 Å². The Balaban J connectivity index is 0.931. The fourth-order valence-corrected chi connectivity index (χ4v) is 12.2. The third kappa shape index (κ3) is 5.69. The first-order chi connectivity index (χ1) is 34.8. The Kier molecular flexibility index (Phi) is 8.54. The van der Waals surface area contributed by atoms with E-state index in [9.17, 15) is 0 Å². The van der Waals surface area contributed by atoms with Gasteiger partial charge in [0.1, 0.15) is 0 Å². The number of anilines is 2. The van der Waals surface area contributed by atoms with Crippen LogP contribution in [0.4, 0.5) is 11.4 Å². The largest absolute Gasteiger partial charge is 0.333 e. The second-order valence-electron chi connectivity index (χ2n) is 18.9. The van der Waals surface area contributed by atoms with Gasteiger partial charge in [-0.25, -0.2) is 4.98 Å². The van der Waals surface area contributed by atoms with E-state index in [0.29, 0.717) is 0 Å². The number of fused-ring (bicyclic) bond motifs is 14. The zero-order valence-electron chi connectivity index (χ0n) is 38.4. The van der Waals surface area contributed by atoms with Crippen LogP contribution in [0.15, 0.2) is 224 Å². The average molecular weight is 896 g/mol.